The molecule has 1 aliphatic heterocycles. The van der Waals surface area contributed by atoms with Crippen LogP contribution in [0.4, 0.5) is 5.69 Å². The fourth-order valence-corrected chi connectivity index (χ4v) is 2.07. The van der Waals surface area contributed by atoms with Crippen LogP contribution in [-0.2, 0) is 16.1 Å². The third-order valence-corrected chi connectivity index (χ3v) is 3.12. The first-order chi connectivity index (χ1) is 10.2. The number of anilines is 1. The van der Waals surface area contributed by atoms with Crippen LogP contribution < -0.4 is 15.4 Å². The number of hydrogen-bond donors (Lipinski definition) is 2. The predicted octanol–water partition coefficient (Wildman–Crippen LogP) is 1.69. The van der Waals surface area contributed by atoms with Crippen molar-refractivity contribution in [2.24, 2.45) is 0 Å². The average molecular weight is 286 g/mol. The topological polar surface area (TPSA) is 80.6 Å². The Morgan fingerprint density at radius 2 is 2.10 bits per heavy atom. The summed E-state index contributed by atoms with van der Waals surface area (Å²) in [4.78, 5) is 23.7. The minimum Gasteiger partial charge on any atom is -0.478 e. The van der Waals surface area contributed by atoms with E-state index in [0.29, 0.717) is 17.2 Å². The minimum absolute atomic E-state index is 0.0408. The number of nitrogens with one attached hydrogen (secondary N) is 2. The normalized spacial score (nSPS) is 16.6. The molecule has 1 aliphatic rings. The van der Waals surface area contributed by atoms with Crippen LogP contribution in [0.5, 0.6) is 5.75 Å². The minimum atomic E-state index is -0.823. The van der Waals surface area contributed by atoms with Gasteiger partial charge in [-0.05, 0) is 24.3 Å². The van der Waals surface area contributed by atoms with Crippen LogP contribution in [0, 0.1) is 0 Å². The monoisotopic (exact) mass is 286 g/mol. The Hall–Kier alpha value is -2.76. The van der Waals surface area contributed by atoms with Crippen molar-refractivity contribution in [2.75, 3.05) is 5.32 Å². The molecule has 0 radical (unpaired) electrons. The molecule has 2 heterocycles. The van der Waals surface area contributed by atoms with E-state index in [1.54, 1.807) is 30.3 Å². The van der Waals surface area contributed by atoms with Gasteiger partial charge in [0, 0.05) is 0 Å². The van der Waals surface area contributed by atoms with Crippen LogP contribution in [0.25, 0.3) is 0 Å². The smallest absolute Gasteiger partial charge is 0.266 e. The Morgan fingerprint density at radius 3 is 2.90 bits per heavy atom. The van der Waals surface area contributed by atoms with Gasteiger partial charge in [-0.1, -0.05) is 12.1 Å². The SMILES string of the molecule is O=C(C[C@@H]1Oc2ccccc2NC1=O)NCc1ccco1. The molecule has 0 unspecified atom stereocenters. The number of para-hydroxylation sites is 2. The molecule has 0 saturated heterocycles. The number of carbonyl (C=O) groups excluding carboxylic acids is 2. The lowest BCUT2D eigenvalue weighted by molar-refractivity contribution is -0.130. The molecule has 2 N–H and O–H groups in total. The molecule has 0 spiro atoms. The Kier molecular flexibility index (Phi) is 3.59. The molecule has 0 fully saturated rings. The highest BCUT2D eigenvalue weighted by Gasteiger charge is 2.29. The Labute approximate surface area is 121 Å². The molecule has 1 aromatic carbocycles. The largest absolute Gasteiger partial charge is 0.478 e. The number of ether oxygens (including phenoxy) is 1. The van der Waals surface area contributed by atoms with Crippen molar-refractivity contribution >= 4 is 17.5 Å². The Bertz CT molecular complexity index is 651. The molecular weight excluding hydrogens is 272 g/mol. The van der Waals surface area contributed by atoms with Crippen LogP contribution in [-0.4, -0.2) is 17.9 Å². The highest BCUT2D eigenvalue weighted by Crippen LogP contribution is 2.29. The van der Waals surface area contributed by atoms with E-state index in [4.69, 9.17) is 9.15 Å². The summed E-state index contributed by atoms with van der Waals surface area (Å²) in [5.41, 5.74) is 0.620. The number of hydrogen-bond acceptors (Lipinski definition) is 4. The maximum atomic E-state index is 11.9. The lowest BCUT2D eigenvalue weighted by Crippen LogP contribution is -2.40. The van der Waals surface area contributed by atoms with E-state index >= 15 is 0 Å². The van der Waals surface area contributed by atoms with Gasteiger partial charge in [-0.25, -0.2) is 0 Å². The molecule has 2 aromatic rings. The summed E-state index contributed by atoms with van der Waals surface area (Å²) < 4.78 is 10.7. The van der Waals surface area contributed by atoms with E-state index in [1.165, 1.54) is 6.26 Å². The molecule has 6 heteroatoms. The van der Waals surface area contributed by atoms with Gasteiger partial charge in [0.05, 0.1) is 24.9 Å². The molecule has 3 rings (SSSR count). The Balaban J connectivity index is 1.57. The molecule has 0 aliphatic carbocycles. The summed E-state index contributed by atoms with van der Waals surface area (Å²) in [6, 6.07) is 10.6. The van der Waals surface area contributed by atoms with Crippen molar-refractivity contribution in [3.8, 4) is 5.75 Å². The van der Waals surface area contributed by atoms with Crippen molar-refractivity contribution < 1.29 is 18.7 Å². The second-order valence-corrected chi connectivity index (χ2v) is 4.65. The number of carbonyl (C=O) groups is 2. The fraction of sp³-hybridized carbons (Fsp3) is 0.200. The van der Waals surface area contributed by atoms with Gasteiger partial charge in [-0.15, -0.1) is 0 Å². The maximum Gasteiger partial charge on any atom is 0.266 e. The van der Waals surface area contributed by atoms with Crippen molar-refractivity contribution in [2.45, 2.75) is 19.1 Å². The lowest BCUT2D eigenvalue weighted by Gasteiger charge is -2.25. The van der Waals surface area contributed by atoms with Gasteiger partial charge in [-0.2, -0.15) is 0 Å². The zero-order valence-electron chi connectivity index (χ0n) is 11.2. The third-order valence-electron chi connectivity index (χ3n) is 3.12. The zero-order valence-corrected chi connectivity index (χ0v) is 11.2. The molecule has 6 nitrogen and oxygen atoms in total. The van der Waals surface area contributed by atoms with Gasteiger partial charge < -0.3 is 19.8 Å². The third kappa shape index (κ3) is 3.05. The second kappa shape index (κ2) is 5.70. The van der Waals surface area contributed by atoms with Crippen LogP contribution in [0.15, 0.2) is 47.1 Å². The second-order valence-electron chi connectivity index (χ2n) is 4.65. The predicted molar refractivity (Wildman–Crippen MR) is 74.7 cm³/mol. The van der Waals surface area contributed by atoms with Crippen LogP contribution in [0.3, 0.4) is 0 Å². The van der Waals surface area contributed by atoms with Gasteiger partial charge in [0.1, 0.15) is 11.5 Å². The van der Waals surface area contributed by atoms with Gasteiger partial charge in [0.25, 0.3) is 5.91 Å². The molecule has 1 aromatic heterocycles. The molecule has 0 saturated carbocycles. The van der Waals surface area contributed by atoms with E-state index in [9.17, 15) is 9.59 Å². The van der Waals surface area contributed by atoms with Crippen LogP contribution in [0.1, 0.15) is 12.2 Å². The number of amides is 2. The molecule has 0 bridgehead atoms. The van der Waals surface area contributed by atoms with E-state index in [1.807, 2.05) is 6.07 Å². The standard InChI is InChI=1S/C15H14N2O4/c18-14(16-9-10-4-3-7-20-10)8-13-15(19)17-11-5-1-2-6-12(11)21-13/h1-7,13H,8-9H2,(H,16,18)(H,17,19)/t13-/m0/s1. The summed E-state index contributed by atoms with van der Waals surface area (Å²) in [5, 5.41) is 5.41. The first kappa shape index (κ1) is 13.2. The molecule has 2 amide bonds. The van der Waals surface area contributed by atoms with Crippen molar-refractivity contribution in [3.63, 3.8) is 0 Å². The van der Waals surface area contributed by atoms with Crippen LogP contribution >= 0.6 is 0 Å². The van der Waals surface area contributed by atoms with E-state index in [0.717, 1.165) is 0 Å². The van der Waals surface area contributed by atoms with E-state index in [-0.39, 0.29) is 24.8 Å². The van der Waals surface area contributed by atoms with Gasteiger partial charge >= 0.3 is 0 Å². The quantitative estimate of drug-likeness (QED) is 0.896. The number of furan rings is 1. The van der Waals surface area contributed by atoms with Crippen molar-refractivity contribution in [1.82, 2.24) is 5.32 Å². The summed E-state index contributed by atoms with van der Waals surface area (Å²) >= 11 is 0. The van der Waals surface area contributed by atoms with Crippen molar-refractivity contribution in [3.05, 3.63) is 48.4 Å². The maximum absolute atomic E-state index is 11.9. The molecule has 21 heavy (non-hydrogen) atoms. The molecule has 1 atom stereocenters. The highest BCUT2D eigenvalue weighted by atomic mass is 16.5. The summed E-state index contributed by atoms with van der Waals surface area (Å²) in [5.74, 6) is 0.636. The lowest BCUT2D eigenvalue weighted by atomic mass is 10.1. The summed E-state index contributed by atoms with van der Waals surface area (Å²) in [6.45, 7) is 0.288. The first-order valence-electron chi connectivity index (χ1n) is 6.58. The number of benzene rings is 1. The average Bonchev–Trinajstić information content (AvgIpc) is 2.99. The molecular formula is C15H14N2O4. The van der Waals surface area contributed by atoms with Crippen LogP contribution in [0.2, 0.25) is 0 Å². The van der Waals surface area contributed by atoms with Gasteiger partial charge in [0.15, 0.2) is 6.10 Å². The summed E-state index contributed by atoms with van der Waals surface area (Å²) in [7, 11) is 0. The highest BCUT2D eigenvalue weighted by molar-refractivity contribution is 5.99. The van der Waals surface area contributed by atoms with Crippen molar-refractivity contribution in [1.29, 1.82) is 0 Å². The number of fused-ring (bicyclic) bond motifs is 1. The first-order valence-corrected chi connectivity index (χ1v) is 6.58. The van der Waals surface area contributed by atoms with E-state index in [2.05, 4.69) is 10.6 Å². The fourth-order valence-electron chi connectivity index (χ4n) is 2.07. The summed E-state index contributed by atoms with van der Waals surface area (Å²) in [6.07, 6.45) is 0.674. The van der Waals surface area contributed by atoms with Gasteiger partial charge in [0.2, 0.25) is 5.91 Å². The number of rotatable bonds is 4. The zero-order chi connectivity index (χ0) is 14.7. The van der Waals surface area contributed by atoms with E-state index < -0.39 is 6.10 Å². The molecule has 108 valence electrons. The Morgan fingerprint density at radius 1 is 1.24 bits per heavy atom. The van der Waals surface area contributed by atoms with Gasteiger partial charge in [-0.3, -0.25) is 9.59 Å².